The van der Waals surface area contributed by atoms with Gasteiger partial charge in [-0.05, 0) is 55.8 Å². The summed E-state index contributed by atoms with van der Waals surface area (Å²) in [6.45, 7) is 3.42. The van der Waals surface area contributed by atoms with Gasteiger partial charge in [-0.15, -0.1) is 0 Å². The van der Waals surface area contributed by atoms with E-state index in [1.54, 1.807) is 74.6 Å². The summed E-state index contributed by atoms with van der Waals surface area (Å²) in [5, 5.41) is 6.88. The molecule has 2 aromatic carbocycles. The number of aromatic nitrogens is 2. The Morgan fingerprint density at radius 2 is 1.78 bits per heavy atom. The molecule has 0 radical (unpaired) electrons. The van der Waals surface area contributed by atoms with Crippen molar-refractivity contribution >= 4 is 33.3 Å². The number of para-hydroxylation sites is 1. The lowest BCUT2D eigenvalue weighted by atomic mass is 10.2. The number of amides is 1. The Kier molecular flexibility index (Phi) is 6.94. The van der Waals surface area contributed by atoms with Crippen LogP contribution in [-0.2, 0) is 19.6 Å². The second kappa shape index (κ2) is 9.65. The highest BCUT2D eigenvalue weighted by Gasteiger charge is 2.22. The molecule has 0 aliphatic heterocycles. The molecule has 0 unspecified atom stereocenters. The minimum absolute atomic E-state index is 0.196. The van der Waals surface area contributed by atoms with Gasteiger partial charge in [0.25, 0.3) is 0 Å². The Hall–Kier alpha value is -3.66. The summed E-state index contributed by atoms with van der Waals surface area (Å²) in [5.74, 6) is -0.977. The van der Waals surface area contributed by atoms with Crippen molar-refractivity contribution in [1.29, 1.82) is 0 Å². The van der Waals surface area contributed by atoms with Crippen LogP contribution in [0.15, 0.2) is 60.8 Å². The molecule has 0 aliphatic rings. The van der Waals surface area contributed by atoms with Crippen LogP contribution in [0.25, 0.3) is 5.69 Å². The highest BCUT2D eigenvalue weighted by atomic mass is 32.2. The highest BCUT2D eigenvalue weighted by molar-refractivity contribution is 7.92. The number of nitrogens with zero attached hydrogens (tertiary/aromatic N) is 3. The smallest absolute Gasteiger partial charge is 0.358 e. The lowest BCUT2D eigenvalue weighted by Crippen LogP contribution is -2.37. The maximum Gasteiger partial charge on any atom is 0.358 e. The first-order chi connectivity index (χ1) is 15.2. The van der Waals surface area contributed by atoms with Crippen molar-refractivity contribution in [3.8, 4) is 5.69 Å². The third kappa shape index (κ3) is 5.52. The Morgan fingerprint density at radius 3 is 2.41 bits per heavy atom. The van der Waals surface area contributed by atoms with Gasteiger partial charge < -0.3 is 10.1 Å². The molecule has 3 rings (SSSR count). The number of carbonyl (C=O) groups excluding carboxylic acids is 2. The lowest BCUT2D eigenvalue weighted by Gasteiger charge is -2.23. The molecule has 10 heteroatoms. The number of benzene rings is 2. The number of nitrogens with one attached hydrogen (secondary N) is 1. The Labute approximate surface area is 186 Å². The van der Waals surface area contributed by atoms with Gasteiger partial charge in [0.1, 0.15) is 6.54 Å². The first-order valence-electron chi connectivity index (χ1n) is 9.85. The molecular formula is C22H24N4O5S. The van der Waals surface area contributed by atoms with Crippen LogP contribution in [-0.4, -0.2) is 49.5 Å². The molecule has 0 fully saturated rings. The minimum Gasteiger partial charge on any atom is -0.461 e. The maximum absolute atomic E-state index is 12.6. The molecule has 1 aromatic heterocycles. The number of aryl methyl sites for hydroxylation is 1. The monoisotopic (exact) mass is 456 g/mol. The van der Waals surface area contributed by atoms with Gasteiger partial charge in [0.15, 0.2) is 5.69 Å². The van der Waals surface area contributed by atoms with Crippen molar-refractivity contribution in [3.63, 3.8) is 0 Å². The van der Waals surface area contributed by atoms with E-state index in [1.807, 2.05) is 0 Å². The number of anilines is 2. The van der Waals surface area contributed by atoms with E-state index in [9.17, 15) is 18.0 Å². The summed E-state index contributed by atoms with van der Waals surface area (Å²) in [4.78, 5) is 24.3. The Balaban J connectivity index is 1.70. The molecule has 168 valence electrons. The molecule has 32 heavy (non-hydrogen) atoms. The predicted molar refractivity (Wildman–Crippen MR) is 122 cm³/mol. The van der Waals surface area contributed by atoms with Crippen LogP contribution in [0.1, 0.15) is 23.0 Å². The minimum atomic E-state index is -3.66. The maximum atomic E-state index is 12.6. The standard InChI is InChI=1S/C22H24N4O5S/c1-4-31-22(28)19-13-14-25(24-19)18-11-9-17(10-12-18)23-21(27)15-26(32(3,29)30)20-8-6-5-7-16(20)2/h5-14H,4,15H2,1-3H3,(H,23,27). The molecule has 9 nitrogen and oxygen atoms in total. The quantitative estimate of drug-likeness (QED) is 0.522. The summed E-state index contributed by atoms with van der Waals surface area (Å²) >= 11 is 0. The normalized spacial score (nSPS) is 11.1. The third-order valence-corrected chi connectivity index (χ3v) is 5.69. The van der Waals surface area contributed by atoms with E-state index in [1.165, 1.54) is 4.68 Å². The number of esters is 1. The summed E-state index contributed by atoms with van der Waals surface area (Å²) in [7, 11) is -3.66. The molecule has 0 saturated heterocycles. The van der Waals surface area contributed by atoms with E-state index < -0.39 is 21.9 Å². The van der Waals surface area contributed by atoms with Crippen LogP contribution >= 0.6 is 0 Å². The Bertz CT molecular complexity index is 1220. The first kappa shape index (κ1) is 23.0. The zero-order valence-corrected chi connectivity index (χ0v) is 18.8. The average Bonchev–Trinajstić information content (AvgIpc) is 3.23. The fourth-order valence-corrected chi connectivity index (χ4v) is 3.95. The third-order valence-electron chi connectivity index (χ3n) is 4.56. The number of rotatable bonds is 8. The van der Waals surface area contributed by atoms with Crippen molar-refractivity contribution in [3.05, 3.63) is 72.1 Å². The predicted octanol–water partition coefficient (Wildman–Crippen LogP) is 2.76. The van der Waals surface area contributed by atoms with Gasteiger partial charge in [0.2, 0.25) is 15.9 Å². The molecule has 0 saturated carbocycles. The molecule has 3 aromatic rings. The van der Waals surface area contributed by atoms with Gasteiger partial charge in [-0.25, -0.2) is 17.9 Å². The molecule has 1 heterocycles. The van der Waals surface area contributed by atoms with Crippen molar-refractivity contribution in [2.24, 2.45) is 0 Å². The second-order valence-electron chi connectivity index (χ2n) is 7.02. The number of carbonyl (C=O) groups is 2. The summed E-state index contributed by atoms with van der Waals surface area (Å²) in [6, 6.07) is 15.3. The van der Waals surface area contributed by atoms with Gasteiger partial charge in [-0.1, -0.05) is 18.2 Å². The molecule has 0 spiro atoms. The van der Waals surface area contributed by atoms with Gasteiger partial charge in [-0.2, -0.15) is 5.10 Å². The van der Waals surface area contributed by atoms with Crippen LogP contribution in [0.4, 0.5) is 11.4 Å². The SMILES string of the molecule is CCOC(=O)c1ccn(-c2ccc(NC(=O)CN(c3ccccc3C)S(C)(=O)=O)cc2)n1. The second-order valence-corrected chi connectivity index (χ2v) is 8.92. The van der Waals surface area contributed by atoms with E-state index in [4.69, 9.17) is 4.74 Å². The number of sulfonamides is 1. The van der Waals surface area contributed by atoms with Crippen LogP contribution in [0, 0.1) is 6.92 Å². The first-order valence-corrected chi connectivity index (χ1v) is 11.7. The van der Waals surface area contributed by atoms with Crippen molar-refractivity contribution in [2.45, 2.75) is 13.8 Å². The largest absolute Gasteiger partial charge is 0.461 e. The van der Waals surface area contributed by atoms with Gasteiger partial charge in [-0.3, -0.25) is 9.10 Å². The van der Waals surface area contributed by atoms with Gasteiger partial charge >= 0.3 is 5.97 Å². The van der Waals surface area contributed by atoms with Crippen LogP contribution in [0.3, 0.4) is 0 Å². The number of ether oxygens (including phenoxy) is 1. The van der Waals surface area contributed by atoms with Crippen molar-refractivity contribution < 1.29 is 22.7 Å². The summed E-state index contributed by atoms with van der Waals surface area (Å²) < 4.78 is 32.1. The summed E-state index contributed by atoms with van der Waals surface area (Å²) in [6.07, 6.45) is 2.70. The van der Waals surface area contributed by atoms with Gasteiger partial charge in [0, 0.05) is 11.9 Å². The molecule has 0 bridgehead atoms. The average molecular weight is 457 g/mol. The van der Waals surface area contributed by atoms with E-state index in [0.717, 1.165) is 16.1 Å². The highest BCUT2D eigenvalue weighted by Crippen LogP contribution is 2.22. The Morgan fingerprint density at radius 1 is 1.09 bits per heavy atom. The van der Waals surface area contributed by atoms with E-state index in [2.05, 4.69) is 10.4 Å². The number of hydrogen-bond donors (Lipinski definition) is 1. The fourth-order valence-electron chi connectivity index (χ4n) is 3.03. The zero-order chi connectivity index (χ0) is 23.3. The summed E-state index contributed by atoms with van der Waals surface area (Å²) in [5.41, 5.74) is 2.57. The molecule has 1 amide bonds. The van der Waals surface area contributed by atoms with E-state index >= 15 is 0 Å². The fraction of sp³-hybridized carbons (Fsp3) is 0.227. The molecule has 1 N–H and O–H groups in total. The molecular weight excluding hydrogens is 432 g/mol. The van der Waals surface area contributed by atoms with E-state index in [0.29, 0.717) is 17.1 Å². The van der Waals surface area contributed by atoms with Crippen LogP contribution in [0.2, 0.25) is 0 Å². The van der Waals surface area contributed by atoms with Crippen LogP contribution < -0.4 is 9.62 Å². The van der Waals surface area contributed by atoms with Crippen molar-refractivity contribution in [1.82, 2.24) is 9.78 Å². The zero-order valence-electron chi connectivity index (χ0n) is 18.0. The lowest BCUT2D eigenvalue weighted by molar-refractivity contribution is -0.114. The molecule has 0 atom stereocenters. The van der Waals surface area contributed by atoms with Gasteiger partial charge in [0.05, 0.1) is 24.2 Å². The number of hydrogen-bond acceptors (Lipinski definition) is 6. The van der Waals surface area contributed by atoms with Crippen molar-refractivity contribution in [2.75, 3.05) is 29.0 Å². The topological polar surface area (TPSA) is 111 Å². The molecule has 0 aliphatic carbocycles. The van der Waals surface area contributed by atoms with Crippen LogP contribution in [0.5, 0.6) is 0 Å². The van der Waals surface area contributed by atoms with E-state index in [-0.39, 0.29) is 18.8 Å².